The van der Waals surface area contributed by atoms with E-state index in [0.29, 0.717) is 0 Å². The highest BCUT2D eigenvalue weighted by atomic mass is 16.5. The molecule has 0 spiro atoms. The third kappa shape index (κ3) is 9.24. The van der Waals surface area contributed by atoms with Gasteiger partial charge in [0.05, 0.1) is 14.2 Å². The molecule has 37 heavy (non-hydrogen) atoms. The summed E-state index contributed by atoms with van der Waals surface area (Å²) in [7, 11) is 3.30. The molecular formula is C31H38N2O4. The smallest absolute Gasteiger partial charge is 0.244 e. The molecule has 196 valence electrons. The van der Waals surface area contributed by atoms with Crippen molar-refractivity contribution >= 4 is 11.5 Å². The molecule has 1 amide bonds. The third-order valence-electron chi connectivity index (χ3n) is 6.05. The third-order valence-corrected chi connectivity index (χ3v) is 6.05. The standard InChI is InChI=1S/C31H36N2O3.H2O/c1-5-27-17-12-24(22-32-27)9-6-8-23(2)33-31(34)11-7-10-30(25-13-18-28(35-3)19-14-25)26-15-20-29(36-4)21-16-26;/h7,10-23H,5-6,8-9H2,1-4H3,(H,33,34);1H2/b11-7+;/t23-;/m1./s1. The van der Waals surface area contributed by atoms with Crippen molar-refractivity contribution in [1.29, 1.82) is 0 Å². The summed E-state index contributed by atoms with van der Waals surface area (Å²) in [5.74, 6) is 1.49. The van der Waals surface area contributed by atoms with Crippen molar-refractivity contribution < 1.29 is 19.7 Å². The molecule has 0 saturated heterocycles. The van der Waals surface area contributed by atoms with E-state index >= 15 is 0 Å². The van der Waals surface area contributed by atoms with Gasteiger partial charge in [0.2, 0.25) is 5.91 Å². The molecule has 1 atom stereocenters. The minimum atomic E-state index is -0.100. The summed E-state index contributed by atoms with van der Waals surface area (Å²) in [6.45, 7) is 4.15. The maximum Gasteiger partial charge on any atom is 0.244 e. The van der Waals surface area contributed by atoms with E-state index in [1.54, 1.807) is 26.4 Å². The zero-order chi connectivity index (χ0) is 25.8. The quantitative estimate of drug-likeness (QED) is 0.267. The molecule has 6 nitrogen and oxygen atoms in total. The Balaban J connectivity index is 0.00000481. The van der Waals surface area contributed by atoms with Crippen molar-refractivity contribution in [3.05, 3.63) is 107 Å². The maximum absolute atomic E-state index is 12.5. The second-order valence-corrected chi connectivity index (χ2v) is 8.71. The number of allylic oxidation sites excluding steroid dienone is 2. The highest BCUT2D eigenvalue weighted by molar-refractivity contribution is 5.89. The highest BCUT2D eigenvalue weighted by Gasteiger charge is 2.07. The average molecular weight is 503 g/mol. The molecule has 3 N–H and O–H groups in total. The van der Waals surface area contributed by atoms with E-state index in [0.717, 1.165) is 59.6 Å². The van der Waals surface area contributed by atoms with Gasteiger partial charge in [-0.1, -0.05) is 49.4 Å². The van der Waals surface area contributed by atoms with E-state index in [4.69, 9.17) is 9.47 Å². The Kier molecular flexibility index (Phi) is 12.1. The molecule has 3 aromatic rings. The first-order chi connectivity index (χ1) is 17.5. The fraction of sp³-hybridized carbons (Fsp3) is 0.290. The molecule has 1 heterocycles. The van der Waals surface area contributed by atoms with Gasteiger partial charge in [0.15, 0.2) is 0 Å². The summed E-state index contributed by atoms with van der Waals surface area (Å²) in [5.41, 5.74) is 5.41. The number of pyridine rings is 1. The molecule has 0 bridgehead atoms. The van der Waals surface area contributed by atoms with E-state index in [9.17, 15) is 4.79 Å². The monoisotopic (exact) mass is 502 g/mol. The van der Waals surface area contributed by atoms with Gasteiger partial charge in [-0.15, -0.1) is 0 Å². The Morgan fingerprint density at radius 2 is 1.54 bits per heavy atom. The minimum absolute atomic E-state index is 0. The van der Waals surface area contributed by atoms with E-state index in [1.165, 1.54) is 5.56 Å². The van der Waals surface area contributed by atoms with Crippen molar-refractivity contribution in [3.8, 4) is 11.5 Å². The van der Waals surface area contributed by atoms with Crippen molar-refractivity contribution in [1.82, 2.24) is 10.3 Å². The molecule has 0 fully saturated rings. The van der Waals surface area contributed by atoms with Crippen LogP contribution in [0.3, 0.4) is 0 Å². The normalized spacial score (nSPS) is 11.4. The van der Waals surface area contributed by atoms with Crippen LogP contribution in [0.2, 0.25) is 0 Å². The molecule has 0 aliphatic heterocycles. The lowest BCUT2D eigenvalue weighted by Gasteiger charge is -2.12. The van der Waals surface area contributed by atoms with Crippen LogP contribution >= 0.6 is 0 Å². The Morgan fingerprint density at radius 1 is 0.946 bits per heavy atom. The number of carbonyl (C=O) groups is 1. The SMILES string of the molecule is CCc1ccc(CCC[C@@H](C)NC(=O)/C=C/C=C(c2ccc(OC)cc2)c2ccc(OC)cc2)cn1.O. The Labute approximate surface area is 220 Å². The van der Waals surface area contributed by atoms with Crippen LogP contribution in [0.1, 0.15) is 49.1 Å². The summed E-state index contributed by atoms with van der Waals surface area (Å²) in [6, 6.07) is 20.1. The molecule has 1 aromatic heterocycles. The number of amides is 1. The molecule has 0 aliphatic rings. The van der Waals surface area contributed by atoms with Crippen LogP contribution in [-0.4, -0.2) is 36.6 Å². The molecule has 2 aromatic carbocycles. The Morgan fingerprint density at radius 3 is 2.03 bits per heavy atom. The van der Waals surface area contributed by atoms with Gasteiger partial charge < -0.3 is 20.3 Å². The van der Waals surface area contributed by atoms with Crippen LogP contribution in [0, 0.1) is 0 Å². The predicted molar refractivity (Wildman–Crippen MR) is 150 cm³/mol. The number of methoxy groups -OCH3 is 2. The predicted octanol–water partition coefficient (Wildman–Crippen LogP) is 5.35. The number of hydrogen-bond donors (Lipinski definition) is 1. The van der Waals surface area contributed by atoms with Gasteiger partial charge in [-0.2, -0.15) is 0 Å². The Bertz CT molecular complexity index is 1100. The topological polar surface area (TPSA) is 92.0 Å². The van der Waals surface area contributed by atoms with Crippen molar-refractivity contribution in [2.75, 3.05) is 14.2 Å². The number of hydrogen-bond acceptors (Lipinski definition) is 4. The fourth-order valence-electron chi connectivity index (χ4n) is 3.92. The summed E-state index contributed by atoms with van der Waals surface area (Å²) >= 11 is 0. The summed E-state index contributed by atoms with van der Waals surface area (Å²) < 4.78 is 10.6. The van der Waals surface area contributed by atoms with Gasteiger partial charge in [-0.3, -0.25) is 9.78 Å². The van der Waals surface area contributed by atoms with Crippen LogP contribution in [0.5, 0.6) is 11.5 Å². The number of ether oxygens (including phenoxy) is 2. The maximum atomic E-state index is 12.5. The largest absolute Gasteiger partial charge is 0.497 e. The zero-order valence-corrected chi connectivity index (χ0v) is 22.2. The second kappa shape index (κ2) is 15.3. The fourth-order valence-corrected chi connectivity index (χ4v) is 3.92. The zero-order valence-electron chi connectivity index (χ0n) is 22.2. The van der Waals surface area contributed by atoms with Crippen LogP contribution in [-0.2, 0) is 17.6 Å². The summed E-state index contributed by atoms with van der Waals surface area (Å²) in [4.78, 5) is 17.0. The van der Waals surface area contributed by atoms with E-state index in [1.807, 2.05) is 67.7 Å². The molecule has 6 heteroatoms. The van der Waals surface area contributed by atoms with Crippen LogP contribution in [0.15, 0.2) is 85.1 Å². The molecule has 3 rings (SSSR count). The lowest BCUT2D eigenvalue weighted by Crippen LogP contribution is -2.31. The first kappa shape index (κ1) is 29.3. The minimum Gasteiger partial charge on any atom is -0.497 e. The lowest BCUT2D eigenvalue weighted by molar-refractivity contribution is -0.117. The van der Waals surface area contributed by atoms with Crippen LogP contribution in [0.25, 0.3) is 5.57 Å². The van der Waals surface area contributed by atoms with Crippen molar-refractivity contribution in [2.24, 2.45) is 0 Å². The van der Waals surface area contributed by atoms with E-state index in [-0.39, 0.29) is 17.4 Å². The summed E-state index contributed by atoms with van der Waals surface area (Å²) in [6.07, 6.45) is 11.1. The molecule has 0 saturated carbocycles. The summed E-state index contributed by atoms with van der Waals surface area (Å²) in [5, 5.41) is 3.06. The number of aryl methyl sites for hydroxylation is 2. The first-order valence-corrected chi connectivity index (χ1v) is 12.4. The van der Waals surface area contributed by atoms with Gasteiger partial charge in [0.25, 0.3) is 0 Å². The molecular weight excluding hydrogens is 464 g/mol. The average Bonchev–Trinajstić information content (AvgIpc) is 2.91. The van der Waals surface area contributed by atoms with Gasteiger partial charge in [0, 0.05) is 24.0 Å². The van der Waals surface area contributed by atoms with Gasteiger partial charge in [0.1, 0.15) is 11.5 Å². The second-order valence-electron chi connectivity index (χ2n) is 8.71. The number of nitrogens with one attached hydrogen (secondary N) is 1. The highest BCUT2D eigenvalue weighted by Crippen LogP contribution is 2.27. The number of nitrogens with zero attached hydrogens (tertiary/aromatic N) is 1. The number of benzene rings is 2. The van der Waals surface area contributed by atoms with Gasteiger partial charge in [-0.05, 0) is 85.2 Å². The van der Waals surface area contributed by atoms with Gasteiger partial charge >= 0.3 is 0 Å². The van der Waals surface area contributed by atoms with Crippen molar-refractivity contribution in [3.63, 3.8) is 0 Å². The Hall–Kier alpha value is -3.90. The first-order valence-electron chi connectivity index (χ1n) is 12.4. The number of rotatable bonds is 12. The van der Waals surface area contributed by atoms with Crippen molar-refractivity contribution in [2.45, 2.75) is 45.6 Å². The molecule has 0 aliphatic carbocycles. The molecule has 0 radical (unpaired) electrons. The molecule has 0 unspecified atom stereocenters. The van der Waals surface area contributed by atoms with Crippen LogP contribution in [0.4, 0.5) is 0 Å². The van der Waals surface area contributed by atoms with Crippen LogP contribution < -0.4 is 14.8 Å². The number of carbonyl (C=O) groups excluding carboxylic acids is 1. The van der Waals surface area contributed by atoms with E-state index in [2.05, 4.69) is 29.4 Å². The lowest BCUT2D eigenvalue weighted by atomic mass is 9.97. The number of aromatic nitrogens is 1. The van der Waals surface area contributed by atoms with Gasteiger partial charge in [-0.25, -0.2) is 0 Å². The van der Waals surface area contributed by atoms with E-state index < -0.39 is 0 Å².